The number of aromatic nitrogens is 3. The monoisotopic (exact) mass is 608 g/mol. The van der Waals surface area contributed by atoms with Crippen molar-refractivity contribution in [2.75, 3.05) is 13.2 Å². The highest BCUT2D eigenvalue weighted by Crippen LogP contribution is 2.32. The van der Waals surface area contributed by atoms with Crippen LogP contribution in [0.1, 0.15) is 38.4 Å². The molecule has 0 aliphatic carbocycles. The van der Waals surface area contributed by atoms with E-state index in [1.165, 1.54) is 17.8 Å². The first kappa shape index (κ1) is 30.8. The number of carbonyl (C=O) groups is 1. The largest absolute Gasteiger partial charge is 0.372 e. The van der Waals surface area contributed by atoms with Crippen LogP contribution in [0.15, 0.2) is 114 Å². The Morgan fingerprint density at radius 1 is 0.841 bits per heavy atom. The molecule has 0 bridgehead atoms. The van der Waals surface area contributed by atoms with Crippen LogP contribution >= 0.6 is 0 Å². The van der Waals surface area contributed by atoms with Crippen LogP contribution in [0, 0.1) is 0 Å². The van der Waals surface area contributed by atoms with Crippen molar-refractivity contribution in [2.24, 2.45) is 0 Å². The molecule has 8 nitrogen and oxygen atoms in total. The topological polar surface area (TPSA) is 103 Å². The van der Waals surface area contributed by atoms with E-state index in [1.807, 2.05) is 59.4 Å². The number of ether oxygens (including phenoxy) is 1. The summed E-state index contributed by atoms with van der Waals surface area (Å²) in [7, 11) is -3.90. The van der Waals surface area contributed by atoms with Gasteiger partial charge in [-0.05, 0) is 51.3 Å². The van der Waals surface area contributed by atoms with E-state index in [4.69, 9.17) is 14.7 Å². The molecule has 3 aromatic carbocycles. The Hall–Kier alpha value is -4.60. The lowest BCUT2D eigenvalue weighted by Crippen LogP contribution is -2.33. The average Bonchev–Trinajstić information content (AvgIpc) is 3.48. The predicted octanol–water partition coefficient (Wildman–Crippen LogP) is 6.70. The SMILES string of the molecule is CC(C)n1cc(-c2cnc(-c3ccccc3)c(-c3ccccc3)n2)cc1CCCCOCC(=O)NS(=O)(=O)c1ccccc1. The maximum Gasteiger partial charge on any atom is 0.264 e. The average molecular weight is 609 g/mol. The van der Waals surface area contributed by atoms with Gasteiger partial charge in [-0.2, -0.15) is 0 Å². The molecule has 0 unspecified atom stereocenters. The van der Waals surface area contributed by atoms with Crippen LogP contribution in [0.4, 0.5) is 0 Å². The third-order valence-electron chi connectivity index (χ3n) is 7.16. The lowest BCUT2D eigenvalue weighted by molar-refractivity contribution is -0.123. The third-order valence-corrected chi connectivity index (χ3v) is 8.55. The molecule has 44 heavy (non-hydrogen) atoms. The Morgan fingerprint density at radius 3 is 2.09 bits per heavy atom. The molecule has 2 heterocycles. The first-order valence-electron chi connectivity index (χ1n) is 14.7. The van der Waals surface area contributed by atoms with E-state index < -0.39 is 15.9 Å². The molecule has 226 valence electrons. The summed E-state index contributed by atoms with van der Waals surface area (Å²) in [6.45, 7) is 4.33. The van der Waals surface area contributed by atoms with Gasteiger partial charge >= 0.3 is 0 Å². The van der Waals surface area contributed by atoms with Crippen LogP contribution < -0.4 is 4.72 Å². The molecule has 0 atom stereocenters. The van der Waals surface area contributed by atoms with Gasteiger partial charge in [0.05, 0.1) is 28.2 Å². The molecule has 0 aliphatic rings. The van der Waals surface area contributed by atoms with Crippen molar-refractivity contribution in [3.63, 3.8) is 0 Å². The summed E-state index contributed by atoms with van der Waals surface area (Å²) in [5, 5.41) is 0. The van der Waals surface area contributed by atoms with Crippen molar-refractivity contribution in [1.82, 2.24) is 19.3 Å². The number of amides is 1. The van der Waals surface area contributed by atoms with Gasteiger partial charge in [0.15, 0.2) is 0 Å². The van der Waals surface area contributed by atoms with Gasteiger partial charge in [-0.1, -0.05) is 78.9 Å². The number of benzene rings is 3. The lowest BCUT2D eigenvalue weighted by Gasteiger charge is -2.13. The van der Waals surface area contributed by atoms with E-state index >= 15 is 0 Å². The summed E-state index contributed by atoms with van der Waals surface area (Å²) in [5.41, 5.74) is 6.70. The first-order chi connectivity index (χ1) is 21.3. The fraction of sp³-hybridized carbons (Fsp3) is 0.229. The molecule has 5 rings (SSSR count). The molecular formula is C35H36N4O4S. The number of sulfonamides is 1. The standard InChI is InChI=1S/C35H36N4O4S/c1-26(2)39-24-29(32-23-36-34(27-14-6-3-7-15-27)35(37-32)28-16-8-4-9-17-28)22-30(39)18-12-13-21-43-25-33(40)38-44(41,42)31-19-10-5-11-20-31/h3-11,14-17,19-20,22-24,26H,12-13,18,21,25H2,1-2H3,(H,38,40). The van der Waals surface area contributed by atoms with Gasteiger partial charge in [0.1, 0.15) is 6.61 Å². The summed E-state index contributed by atoms with van der Waals surface area (Å²) in [5.74, 6) is -0.693. The Bertz CT molecular complexity index is 1790. The number of hydrogen-bond acceptors (Lipinski definition) is 6. The quantitative estimate of drug-likeness (QED) is 0.149. The van der Waals surface area contributed by atoms with Crippen molar-refractivity contribution in [1.29, 1.82) is 0 Å². The minimum atomic E-state index is -3.90. The van der Waals surface area contributed by atoms with Crippen LogP contribution in [0.2, 0.25) is 0 Å². The van der Waals surface area contributed by atoms with E-state index in [0.717, 1.165) is 53.0 Å². The second kappa shape index (κ2) is 14.2. The fourth-order valence-electron chi connectivity index (χ4n) is 4.99. The number of aryl methyl sites for hydroxylation is 1. The van der Waals surface area contributed by atoms with E-state index in [0.29, 0.717) is 6.61 Å². The van der Waals surface area contributed by atoms with E-state index in [1.54, 1.807) is 18.2 Å². The number of rotatable bonds is 13. The number of nitrogens with zero attached hydrogens (tertiary/aromatic N) is 3. The zero-order valence-electron chi connectivity index (χ0n) is 24.9. The van der Waals surface area contributed by atoms with E-state index in [2.05, 4.69) is 42.8 Å². The predicted molar refractivity (Wildman–Crippen MR) is 172 cm³/mol. The second-order valence-electron chi connectivity index (χ2n) is 10.8. The molecule has 0 aliphatic heterocycles. The molecule has 0 fully saturated rings. The lowest BCUT2D eigenvalue weighted by atomic mass is 10.0. The van der Waals surface area contributed by atoms with Gasteiger partial charge in [-0.15, -0.1) is 0 Å². The molecular weight excluding hydrogens is 572 g/mol. The van der Waals surface area contributed by atoms with Crippen LogP contribution in [-0.4, -0.2) is 42.1 Å². The fourth-order valence-corrected chi connectivity index (χ4v) is 5.98. The van der Waals surface area contributed by atoms with Crippen molar-refractivity contribution in [3.8, 4) is 33.8 Å². The van der Waals surface area contributed by atoms with Gasteiger partial charge in [0.25, 0.3) is 15.9 Å². The molecule has 1 amide bonds. The normalized spacial score (nSPS) is 11.5. The zero-order chi connectivity index (χ0) is 30.9. The third kappa shape index (κ3) is 7.67. The van der Waals surface area contributed by atoms with Gasteiger partial charge < -0.3 is 9.30 Å². The summed E-state index contributed by atoms with van der Waals surface area (Å²) in [4.78, 5) is 22.2. The highest BCUT2D eigenvalue weighted by molar-refractivity contribution is 7.90. The maximum absolute atomic E-state index is 12.3. The van der Waals surface area contributed by atoms with E-state index in [-0.39, 0.29) is 17.5 Å². The van der Waals surface area contributed by atoms with Crippen molar-refractivity contribution < 1.29 is 17.9 Å². The Morgan fingerprint density at radius 2 is 1.45 bits per heavy atom. The Kier molecular flexibility index (Phi) is 9.99. The summed E-state index contributed by atoms with van der Waals surface area (Å²) in [6, 6.07) is 30.4. The van der Waals surface area contributed by atoms with Crippen LogP contribution in [0.25, 0.3) is 33.8 Å². The van der Waals surface area contributed by atoms with Crippen molar-refractivity contribution >= 4 is 15.9 Å². The molecule has 0 spiro atoms. The molecule has 0 radical (unpaired) electrons. The second-order valence-corrected chi connectivity index (χ2v) is 12.4. The summed E-state index contributed by atoms with van der Waals surface area (Å²) < 4.78 is 34.4. The van der Waals surface area contributed by atoms with Gasteiger partial charge in [-0.25, -0.2) is 18.1 Å². The highest BCUT2D eigenvalue weighted by Gasteiger charge is 2.18. The number of nitrogens with one attached hydrogen (secondary N) is 1. The zero-order valence-corrected chi connectivity index (χ0v) is 25.7. The number of hydrogen-bond donors (Lipinski definition) is 1. The first-order valence-corrected chi connectivity index (χ1v) is 16.2. The van der Waals surface area contributed by atoms with Crippen LogP contribution in [0.3, 0.4) is 0 Å². The molecule has 0 saturated heterocycles. The highest BCUT2D eigenvalue weighted by atomic mass is 32.2. The number of unbranched alkanes of at least 4 members (excludes halogenated alkanes) is 1. The van der Waals surface area contributed by atoms with Crippen LogP contribution in [-0.2, 0) is 26.0 Å². The molecule has 9 heteroatoms. The number of carbonyl (C=O) groups excluding carboxylic acids is 1. The summed E-state index contributed by atoms with van der Waals surface area (Å²) in [6.07, 6.45) is 6.36. The molecule has 0 saturated carbocycles. The molecule has 2 aromatic heterocycles. The molecule has 5 aromatic rings. The van der Waals surface area contributed by atoms with Gasteiger partial charge in [0.2, 0.25) is 0 Å². The van der Waals surface area contributed by atoms with Crippen molar-refractivity contribution in [2.45, 2.75) is 44.0 Å². The minimum absolute atomic E-state index is 0.0373. The van der Waals surface area contributed by atoms with Gasteiger partial charge in [-0.3, -0.25) is 9.78 Å². The Balaban J connectivity index is 1.22. The maximum atomic E-state index is 12.3. The van der Waals surface area contributed by atoms with Crippen molar-refractivity contribution in [3.05, 3.63) is 115 Å². The molecule has 1 N–H and O–H groups in total. The Labute approximate surface area is 258 Å². The smallest absolute Gasteiger partial charge is 0.264 e. The minimum Gasteiger partial charge on any atom is -0.372 e. The summed E-state index contributed by atoms with van der Waals surface area (Å²) >= 11 is 0. The van der Waals surface area contributed by atoms with Crippen LogP contribution in [0.5, 0.6) is 0 Å². The van der Waals surface area contributed by atoms with Gasteiger partial charge in [0, 0.05) is 41.2 Å². The van der Waals surface area contributed by atoms with E-state index in [9.17, 15) is 13.2 Å².